The van der Waals surface area contributed by atoms with E-state index in [9.17, 15) is 0 Å². The molecule has 2 aromatic rings. The van der Waals surface area contributed by atoms with Gasteiger partial charge in [-0.2, -0.15) is 0 Å². The molecule has 14 heavy (non-hydrogen) atoms. The first-order valence-corrected chi connectivity index (χ1v) is 5.67. The average molecular weight is 298 g/mol. The van der Waals surface area contributed by atoms with Gasteiger partial charge >= 0.3 is 0 Å². The fraction of sp³-hybridized carbons (Fsp3) is 0.182. The molecule has 0 aliphatic carbocycles. The molecule has 0 bridgehead atoms. The van der Waals surface area contributed by atoms with Crippen LogP contribution in [-0.2, 0) is 0 Å². The summed E-state index contributed by atoms with van der Waals surface area (Å²) >= 11 is 2.31. The summed E-state index contributed by atoms with van der Waals surface area (Å²) in [5, 5.41) is 4.39. The standard InChI is InChI=1S/C11H11IN2/c1-2-13-11-6-3-8-7-9(12)4-5-10(8)14-11/h3-7H,2H2,1H3,(H,13,14). The maximum absolute atomic E-state index is 4.49. The van der Waals surface area contributed by atoms with Gasteiger partial charge in [0.25, 0.3) is 0 Å². The van der Waals surface area contributed by atoms with E-state index in [4.69, 9.17) is 0 Å². The van der Waals surface area contributed by atoms with Gasteiger partial charge in [-0.1, -0.05) is 0 Å². The zero-order valence-electron chi connectivity index (χ0n) is 7.92. The second-order valence-electron chi connectivity index (χ2n) is 3.06. The van der Waals surface area contributed by atoms with Crippen molar-refractivity contribution < 1.29 is 0 Å². The summed E-state index contributed by atoms with van der Waals surface area (Å²) in [6, 6.07) is 10.4. The van der Waals surface area contributed by atoms with Crippen LogP contribution in [0.15, 0.2) is 30.3 Å². The Morgan fingerprint density at radius 1 is 1.29 bits per heavy atom. The quantitative estimate of drug-likeness (QED) is 0.861. The lowest BCUT2D eigenvalue weighted by Gasteiger charge is -2.03. The fourth-order valence-electron chi connectivity index (χ4n) is 1.38. The van der Waals surface area contributed by atoms with E-state index in [1.54, 1.807) is 0 Å². The Kier molecular flexibility index (Phi) is 2.86. The SMILES string of the molecule is CCNc1ccc2cc(I)ccc2n1. The molecule has 0 aliphatic rings. The minimum atomic E-state index is 0.906. The number of aromatic nitrogens is 1. The number of anilines is 1. The lowest BCUT2D eigenvalue weighted by atomic mass is 10.2. The first-order chi connectivity index (χ1) is 6.79. The predicted molar refractivity (Wildman–Crippen MR) is 68.6 cm³/mol. The van der Waals surface area contributed by atoms with E-state index < -0.39 is 0 Å². The van der Waals surface area contributed by atoms with Crippen molar-refractivity contribution >= 4 is 39.3 Å². The van der Waals surface area contributed by atoms with E-state index in [2.05, 4.69) is 64.1 Å². The van der Waals surface area contributed by atoms with Crippen LogP contribution in [0.25, 0.3) is 10.9 Å². The Morgan fingerprint density at radius 3 is 2.93 bits per heavy atom. The maximum atomic E-state index is 4.49. The molecule has 2 rings (SSSR count). The average Bonchev–Trinajstić information content (AvgIpc) is 2.19. The van der Waals surface area contributed by atoms with E-state index in [1.165, 1.54) is 8.96 Å². The zero-order chi connectivity index (χ0) is 9.97. The highest BCUT2D eigenvalue weighted by Crippen LogP contribution is 2.17. The molecule has 0 amide bonds. The fourth-order valence-corrected chi connectivity index (χ4v) is 1.89. The van der Waals surface area contributed by atoms with Crippen LogP contribution in [0.2, 0.25) is 0 Å². The molecule has 0 unspecified atom stereocenters. The lowest BCUT2D eigenvalue weighted by molar-refractivity contribution is 1.17. The van der Waals surface area contributed by atoms with E-state index in [1.807, 2.05) is 6.07 Å². The molecule has 0 saturated carbocycles. The molecule has 0 radical (unpaired) electrons. The second-order valence-corrected chi connectivity index (χ2v) is 4.31. The van der Waals surface area contributed by atoms with Crippen LogP contribution in [0.4, 0.5) is 5.82 Å². The molecule has 3 heteroatoms. The molecule has 0 saturated heterocycles. The predicted octanol–water partition coefficient (Wildman–Crippen LogP) is 3.27. The number of rotatable bonds is 2. The number of fused-ring (bicyclic) bond motifs is 1. The Labute approximate surface area is 96.9 Å². The van der Waals surface area contributed by atoms with Crippen LogP contribution in [0.5, 0.6) is 0 Å². The topological polar surface area (TPSA) is 24.9 Å². The Hall–Kier alpha value is -0.840. The van der Waals surface area contributed by atoms with Crippen LogP contribution in [0, 0.1) is 3.57 Å². The zero-order valence-corrected chi connectivity index (χ0v) is 10.1. The number of halogens is 1. The molecule has 2 nitrogen and oxygen atoms in total. The Morgan fingerprint density at radius 2 is 2.14 bits per heavy atom. The van der Waals surface area contributed by atoms with Gasteiger partial charge < -0.3 is 5.32 Å². The second kappa shape index (κ2) is 4.13. The van der Waals surface area contributed by atoms with Crippen LogP contribution in [0.1, 0.15) is 6.92 Å². The number of hydrogen-bond acceptors (Lipinski definition) is 2. The number of hydrogen-bond donors (Lipinski definition) is 1. The highest BCUT2D eigenvalue weighted by molar-refractivity contribution is 14.1. The van der Waals surface area contributed by atoms with Crippen molar-refractivity contribution in [2.75, 3.05) is 11.9 Å². The molecule has 1 heterocycles. The van der Waals surface area contributed by atoms with Crippen molar-refractivity contribution in [1.82, 2.24) is 4.98 Å². The van der Waals surface area contributed by atoms with Gasteiger partial charge in [0.15, 0.2) is 0 Å². The van der Waals surface area contributed by atoms with Gasteiger partial charge in [-0.25, -0.2) is 4.98 Å². The number of benzene rings is 1. The molecule has 1 aromatic heterocycles. The third-order valence-corrected chi connectivity index (χ3v) is 2.68. The van der Waals surface area contributed by atoms with Gasteiger partial charge in [0.1, 0.15) is 5.82 Å². The summed E-state index contributed by atoms with van der Waals surface area (Å²) in [6.45, 7) is 2.97. The molecule has 1 aromatic carbocycles. The van der Waals surface area contributed by atoms with Gasteiger partial charge in [-0.05, 0) is 59.8 Å². The Bertz CT molecular complexity index is 454. The van der Waals surface area contributed by atoms with Crippen molar-refractivity contribution in [2.24, 2.45) is 0 Å². The van der Waals surface area contributed by atoms with Crippen molar-refractivity contribution in [2.45, 2.75) is 6.92 Å². The largest absolute Gasteiger partial charge is 0.370 e. The molecule has 1 N–H and O–H groups in total. The summed E-state index contributed by atoms with van der Waals surface area (Å²) in [5.74, 6) is 0.946. The maximum Gasteiger partial charge on any atom is 0.126 e. The smallest absolute Gasteiger partial charge is 0.126 e. The van der Waals surface area contributed by atoms with Crippen molar-refractivity contribution in [3.63, 3.8) is 0 Å². The van der Waals surface area contributed by atoms with Gasteiger partial charge in [0.2, 0.25) is 0 Å². The van der Waals surface area contributed by atoms with Crippen LogP contribution >= 0.6 is 22.6 Å². The first kappa shape index (κ1) is 9.71. The summed E-state index contributed by atoms with van der Waals surface area (Å²) in [5.41, 5.74) is 1.05. The van der Waals surface area contributed by atoms with Crippen molar-refractivity contribution in [3.05, 3.63) is 33.9 Å². The molecule has 0 atom stereocenters. The molecule has 72 valence electrons. The third-order valence-electron chi connectivity index (χ3n) is 2.01. The van der Waals surface area contributed by atoms with Crippen LogP contribution < -0.4 is 5.32 Å². The summed E-state index contributed by atoms with van der Waals surface area (Å²) < 4.78 is 1.24. The number of nitrogens with one attached hydrogen (secondary N) is 1. The molecule has 0 aliphatic heterocycles. The highest BCUT2D eigenvalue weighted by atomic mass is 127. The van der Waals surface area contributed by atoms with Crippen LogP contribution in [-0.4, -0.2) is 11.5 Å². The monoisotopic (exact) mass is 298 g/mol. The molecule has 0 fully saturated rings. The van der Waals surface area contributed by atoms with E-state index in [0.717, 1.165) is 17.9 Å². The Balaban J connectivity index is 2.50. The van der Waals surface area contributed by atoms with Crippen molar-refractivity contribution in [3.8, 4) is 0 Å². The molecular weight excluding hydrogens is 287 g/mol. The molecule has 0 spiro atoms. The number of nitrogens with zero attached hydrogens (tertiary/aromatic N) is 1. The first-order valence-electron chi connectivity index (χ1n) is 4.60. The molecular formula is C11H11IN2. The van der Waals surface area contributed by atoms with Gasteiger partial charge in [0, 0.05) is 15.5 Å². The highest BCUT2D eigenvalue weighted by Gasteiger charge is 1.97. The summed E-state index contributed by atoms with van der Waals surface area (Å²) in [4.78, 5) is 4.49. The van der Waals surface area contributed by atoms with E-state index >= 15 is 0 Å². The minimum absolute atomic E-state index is 0.906. The number of pyridine rings is 1. The normalized spacial score (nSPS) is 10.4. The van der Waals surface area contributed by atoms with Crippen LogP contribution in [0.3, 0.4) is 0 Å². The van der Waals surface area contributed by atoms with Gasteiger partial charge in [-0.3, -0.25) is 0 Å². The third kappa shape index (κ3) is 1.97. The van der Waals surface area contributed by atoms with E-state index in [0.29, 0.717) is 0 Å². The lowest BCUT2D eigenvalue weighted by Crippen LogP contribution is -1.98. The van der Waals surface area contributed by atoms with Gasteiger partial charge in [-0.15, -0.1) is 0 Å². The van der Waals surface area contributed by atoms with Crippen molar-refractivity contribution in [1.29, 1.82) is 0 Å². The summed E-state index contributed by atoms with van der Waals surface area (Å²) in [7, 11) is 0. The summed E-state index contributed by atoms with van der Waals surface area (Å²) in [6.07, 6.45) is 0. The van der Waals surface area contributed by atoms with E-state index in [-0.39, 0.29) is 0 Å². The minimum Gasteiger partial charge on any atom is -0.370 e. The van der Waals surface area contributed by atoms with Gasteiger partial charge in [0.05, 0.1) is 5.52 Å².